The van der Waals surface area contributed by atoms with E-state index in [0.29, 0.717) is 13.2 Å². The van der Waals surface area contributed by atoms with Crippen LogP contribution in [0, 0.1) is 5.92 Å². The molecule has 0 unspecified atom stereocenters. The number of hydrogen-bond donors (Lipinski definition) is 0. The van der Waals surface area contributed by atoms with Gasteiger partial charge in [-0.1, -0.05) is 30.3 Å². The van der Waals surface area contributed by atoms with E-state index in [9.17, 15) is 4.79 Å². The number of carbonyl (C=O) groups excluding carboxylic acids is 1. The van der Waals surface area contributed by atoms with Gasteiger partial charge in [0.2, 0.25) is 0 Å². The molecule has 1 saturated heterocycles. The van der Waals surface area contributed by atoms with Crippen molar-refractivity contribution in [1.29, 1.82) is 0 Å². The Morgan fingerprint density at radius 1 is 1.37 bits per heavy atom. The summed E-state index contributed by atoms with van der Waals surface area (Å²) in [5.41, 5.74) is 1.24. The highest BCUT2D eigenvalue weighted by Gasteiger charge is 2.38. The van der Waals surface area contributed by atoms with Crippen molar-refractivity contribution in [3.8, 4) is 0 Å². The Bertz CT molecular complexity index is 421. The third kappa shape index (κ3) is 2.96. The van der Waals surface area contributed by atoms with Gasteiger partial charge >= 0.3 is 5.97 Å². The average Bonchev–Trinajstić information content (AvgIpc) is 2.95. The van der Waals surface area contributed by atoms with Crippen LogP contribution >= 0.6 is 0 Å². The van der Waals surface area contributed by atoms with Gasteiger partial charge in [-0.25, -0.2) is 0 Å². The van der Waals surface area contributed by atoms with Crippen molar-refractivity contribution in [1.82, 2.24) is 4.90 Å². The summed E-state index contributed by atoms with van der Waals surface area (Å²) in [5, 5.41) is 0. The third-order valence-electron chi connectivity index (χ3n) is 3.97. The van der Waals surface area contributed by atoms with Crippen LogP contribution in [0.25, 0.3) is 0 Å². The Morgan fingerprint density at radius 3 is 2.68 bits per heavy atom. The number of hydrogen-bond acceptors (Lipinski definition) is 4. The predicted octanol–water partition coefficient (Wildman–Crippen LogP) is 1.87. The SMILES string of the molecule is COC(=O)[C@H]1COC[C@H]1N(C)[C@H](C)c1ccccc1. The highest BCUT2D eigenvalue weighted by atomic mass is 16.5. The van der Waals surface area contributed by atoms with Crippen molar-refractivity contribution < 1.29 is 14.3 Å². The van der Waals surface area contributed by atoms with E-state index >= 15 is 0 Å². The van der Waals surface area contributed by atoms with E-state index in [0.717, 1.165) is 0 Å². The van der Waals surface area contributed by atoms with Crippen molar-refractivity contribution >= 4 is 5.97 Å². The molecule has 1 aliphatic heterocycles. The van der Waals surface area contributed by atoms with Crippen LogP contribution in [0.15, 0.2) is 30.3 Å². The number of esters is 1. The number of methoxy groups -OCH3 is 1. The molecule has 0 bridgehead atoms. The molecule has 0 aromatic heterocycles. The van der Waals surface area contributed by atoms with Crippen LogP contribution in [0.3, 0.4) is 0 Å². The molecule has 1 heterocycles. The van der Waals surface area contributed by atoms with Crippen molar-refractivity contribution in [2.45, 2.75) is 19.0 Å². The molecule has 3 atom stereocenters. The van der Waals surface area contributed by atoms with E-state index in [1.54, 1.807) is 0 Å². The van der Waals surface area contributed by atoms with Gasteiger partial charge in [0, 0.05) is 12.1 Å². The number of ether oxygens (including phenoxy) is 2. The van der Waals surface area contributed by atoms with Crippen LogP contribution in [0.5, 0.6) is 0 Å². The van der Waals surface area contributed by atoms with E-state index in [4.69, 9.17) is 9.47 Å². The van der Waals surface area contributed by atoms with Crippen LogP contribution < -0.4 is 0 Å². The van der Waals surface area contributed by atoms with Crippen LogP contribution in [0.2, 0.25) is 0 Å². The van der Waals surface area contributed by atoms with E-state index in [1.165, 1.54) is 12.7 Å². The molecule has 0 saturated carbocycles. The van der Waals surface area contributed by atoms with Gasteiger partial charge < -0.3 is 9.47 Å². The summed E-state index contributed by atoms with van der Waals surface area (Å²) in [6, 6.07) is 10.6. The lowest BCUT2D eigenvalue weighted by Gasteiger charge is -2.32. The molecular formula is C15H21NO3. The van der Waals surface area contributed by atoms with E-state index in [2.05, 4.69) is 24.0 Å². The predicted molar refractivity (Wildman–Crippen MR) is 72.7 cm³/mol. The molecule has 19 heavy (non-hydrogen) atoms. The topological polar surface area (TPSA) is 38.8 Å². The Kier molecular flexibility index (Phi) is 4.56. The zero-order chi connectivity index (χ0) is 13.8. The largest absolute Gasteiger partial charge is 0.469 e. The number of rotatable bonds is 4. The minimum atomic E-state index is -0.193. The molecule has 4 nitrogen and oxygen atoms in total. The normalized spacial score (nSPS) is 24.4. The summed E-state index contributed by atoms with van der Waals surface area (Å²) in [7, 11) is 3.46. The summed E-state index contributed by atoms with van der Waals surface area (Å²) in [6.07, 6.45) is 0. The molecule has 0 spiro atoms. The first-order valence-corrected chi connectivity index (χ1v) is 6.57. The molecular weight excluding hydrogens is 242 g/mol. The summed E-state index contributed by atoms with van der Waals surface area (Å²) >= 11 is 0. The second-order valence-electron chi connectivity index (χ2n) is 4.99. The first-order chi connectivity index (χ1) is 9.15. The summed E-state index contributed by atoms with van der Waals surface area (Å²) in [4.78, 5) is 14.0. The standard InChI is InChI=1S/C15H21NO3/c1-11(12-7-5-4-6-8-12)16(2)14-10-19-9-13(14)15(17)18-3/h4-8,11,13-14H,9-10H2,1-3H3/t11-,13+,14-/m1/s1. The van der Waals surface area contributed by atoms with Crippen molar-refractivity contribution in [2.24, 2.45) is 5.92 Å². The van der Waals surface area contributed by atoms with Gasteiger partial charge in [0.05, 0.1) is 26.2 Å². The Morgan fingerprint density at radius 2 is 2.05 bits per heavy atom. The third-order valence-corrected chi connectivity index (χ3v) is 3.97. The van der Waals surface area contributed by atoms with Crippen molar-refractivity contribution in [3.63, 3.8) is 0 Å². The summed E-state index contributed by atoms with van der Waals surface area (Å²) in [6.45, 7) is 3.17. The molecule has 1 aliphatic rings. The smallest absolute Gasteiger partial charge is 0.312 e. The maximum absolute atomic E-state index is 11.8. The first-order valence-electron chi connectivity index (χ1n) is 6.57. The van der Waals surface area contributed by atoms with E-state index in [-0.39, 0.29) is 24.0 Å². The number of carbonyl (C=O) groups is 1. The fourth-order valence-corrected chi connectivity index (χ4v) is 2.57. The monoisotopic (exact) mass is 263 g/mol. The van der Waals surface area contributed by atoms with Gasteiger partial charge in [0.15, 0.2) is 0 Å². The quantitative estimate of drug-likeness (QED) is 0.777. The number of nitrogens with zero attached hydrogens (tertiary/aromatic N) is 1. The molecule has 2 rings (SSSR count). The molecule has 0 N–H and O–H groups in total. The number of likely N-dealkylation sites (N-methyl/N-ethyl adjacent to an activating group) is 1. The lowest BCUT2D eigenvalue weighted by molar-refractivity contribution is -0.147. The molecule has 1 aromatic carbocycles. The van der Waals surface area contributed by atoms with Gasteiger partial charge in [-0.2, -0.15) is 0 Å². The fourth-order valence-electron chi connectivity index (χ4n) is 2.57. The zero-order valence-corrected chi connectivity index (χ0v) is 11.7. The van der Waals surface area contributed by atoms with Crippen LogP contribution in [-0.4, -0.2) is 44.3 Å². The van der Waals surface area contributed by atoms with E-state index < -0.39 is 0 Å². The van der Waals surface area contributed by atoms with Gasteiger partial charge in [0.25, 0.3) is 0 Å². The van der Waals surface area contributed by atoms with Gasteiger partial charge in [0.1, 0.15) is 0 Å². The summed E-state index contributed by atoms with van der Waals surface area (Å²) in [5.74, 6) is -0.379. The number of benzene rings is 1. The van der Waals surface area contributed by atoms with Crippen molar-refractivity contribution in [2.75, 3.05) is 27.4 Å². The summed E-state index contributed by atoms with van der Waals surface area (Å²) < 4.78 is 10.3. The van der Waals surface area contributed by atoms with Gasteiger partial charge in [-0.05, 0) is 19.5 Å². The Balaban J connectivity index is 2.10. The first kappa shape index (κ1) is 14.0. The fraction of sp³-hybridized carbons (Fsp3) is 0.533. The minimum Gasteiger partial charge on any atom is -0.469 e. The minimum absolute atomic E-state index is 0.0719. The highest BCUT2D eigenvalue weighted by Crippen LogP contribution is 2.27. The molecule has 0 amide bonds. The molecule has 0 aliphatic carbocycles. The maximum Gasteiger partial charge on any atom is 0.312 e. The molecule has 1 aromatic rings. The Hall–Kier alpha value is -1.39. The average molecular weight is 263 g/mol. The second-order valence-corrected chi connectivity index (χ2v) is 4.99. The van der Waals surface area contributed by atoms with Gasteiger partial charge in [-0.15, -0.1) is 0 Å². The molecule has 4 heteroatoms. The lowest BCUT2D eigenvalue weighted by atomic mass is 9.99. The molecule has 1 fully saturated rings. The zero-order valence-electron chi connectivity index (χ0n) is 11.7. The maximum atomic E-state index is 11.8. The van der Waals surface area contributed by atoms with Crippen LogP contribution in [-0.2, 0) is 14.3 Å². The lowest BCUT2D eigenvalue weighted by Crippen LogP contribution is -2.42. The Labute approximate surface area is 114 Å². The van der Waals surface area contributed by atoms with Crippen molar-refractivity contribution in [3.05, 3.63) is 35.9 Å². The van der Waals surface area contributed by atoms with Crippen LogP contribution in [0.4, 0.5) is 0 Å². The second kappa shape index (κ2) is 6.17. The highest BCUT2D eigenvalue weighted by molar-refractivity contribution is 5.73. The van der Waals surface area contributed by atoms with Crippen LogP contribution in [0.1, 0.15) is 18.5 Å². The van der Waals surface area contributed by atoms with Gasteiger partial charge in [-0.3, -0.25) is 9.69 Å². The van der Waals surface area contributed by atoms with E-state index in [1.807, 2.05) is 25.2 Å². The molecule has 104 valence electrons. The molecule has 0 radical (unpaired) electrons.